The second kappa shape index (κ2) is 6.15. The quantitative estimate of drug-likeness (QED) is 0.852. The van der Waals surface area contributed by atoms with Crippen LogP contribution in [0, 0.1) is 5.92 Å². The number of hydrogen-bond acceptors (Lipinski definition) is 5. The Morgan fingerprint density at radius 2 is 2.00 bits per heavy atom. The van der Waals surface area contributed by atoms with Gasteiger partial charge in [0.1, 0.15) is 12.1 Å². The Kier molecular flexibility index (Phi) is 4.51. The van der Waals surface area contributed by atoms with Crippen molar-refractivity contribution in [2.75, 3.05) is 12.4 Å². The average Bonchev–Trinajstić information content (AvgIpc) is 2.86. The van der Waals surface area contributed by atoms with Gasteiger partial charge in [-0.3, -0.25) is 0 Å². The molecule has 0 fully saturated rings. The molecular formula is C13H17N3O3S. The molecule has 2 aromatic rings. The maximum absolute atomic E-state index is 11.9. The van der Waals surface area contributed by atoms with Crippen molar-refractivity contribution in [1.82, 2.24) is 14.8 Å². The van der Waals surface area contributed by atoms with Crippen LogP contribution in [0.3, 0.4) is 0 Å². The minimum atomic E-state index is -3.31. The lowest BCUT2D eigenvalue weighted by molar-refractivity contribution is 0.249. The molecular weight excluding hydrogens is 278 g/mol. The van der Waals surface area contributed by atoms with E-state index in [9.17, 15) is 8.42 Å². The van der Waals surface area contributed by atoms with E-state index < -0.39 is 9.84 Å². The molecule has 0 saturated heterocycles. The molecule has 0 bridgehead atoms. The summed E-state index contributed by atoms with van der Waals surface area (Å²) in [4.78, 5) is 4.02. The molecule has 1 aromatic carbocycles. The Hall–Kier alpha value is -1.73. The molecule has 0 aliphatic carbocycles. The Morgan fingerprint density at radius 1 is 1.30 bits per heavy atom. The van der Waals surface area contributed by atoms with Crippen LogP contribution in [0.1, 0.15) is 12.7 Å². The van der Waals surface area contributed by atoms with Crippen molar-refractivity contribution < 1.29 is 13.5 Å². The van der Waals surface area contributed by atoms with Crippen LogP contribution >= 0.6 is 0 Å². The van der Waals surface area contributed by atoms with Gasteiger partial charge in [0, 0.05) is 6.61 Å². The Balaban J connectivity index is 2.10. The first-order valence-electron chi connectivity index (χ1n) is 6.27. The van der Waals surface area contributed by atoms with Crippen LogP contribution in [-0.2, 0) is 15.6 Å². The van der Waals surface area contributed by atoms with E-state index in [0.717, 1.165) is 5.69 Å². The highest BCUT2D eigenvalue weighted by atomic mass is 32.2. The minimum absolute atomic E-state index is 0.0661. The molecule has 20 heavy (non-hydrogen) atoms. The third-order valence-corrected chi connectivity index (χ3v) is 4.53. The molecule has 1 N–H and O–H groups in total. The van der Waals surface area contributed by atoms with Gasteiger partial charge >= 0.3 is 0 Å². The summed E-state index contributed by atoms with van der Waals surface area (Å²) in [5.41, 5.74) is 0.826. The lowest BCUT2D eigenvalue weighted by Gasteiger charge is -2.07. The zero-order valence-electron chi connectivity index (χ0n) is 11.2. The van der Waals surface area contributed by atoms with E-state index in [-0.39, 0.29) is 29.9 Å². The van der Waals surface area contributed by atoms with Gasteiger partial charge in [0.25, 0.3) is 0 Å². The standard InChI is InChI=1S/C13H17N3O3S/c1-11(7-17)8-20(18,19)9-13-14-10-16(15-13)12-5-3-2-4-6-12/h2-6,10-11,17H,7-9H2,1H3. The first-order chi connectivity index (χ1) is 9.50. The van der Waals surface area contributed by atoms with Crippen LogP contribution in [0.2, 0.25) is 0 Å². The highest BCUT2D eigenvalue weighted by Gasteiger charge is 2.18. The molecule has 6 nitrogen and oxygen atoms in total. The summed E-state index contributed by atoms with van der Waals surface area (Å²) in [6.45, 7) is 1.54. The Labute approximate surface area is 118 Å². The van der Waals surface area contributed by atoms with E-state index >= 15 is 0 Å². The van der Waals surface area contributed by atoms with E-state index in [1.165, 1.54) is 6.33 Å². The fourth-order valence-corrected chi connectivity index (χ4v) is 3.43. The molecule has 1 aromatic heterocycles. The van der Waals surface area contributed by atoms with Gasteiger partial charge in [0.15, 0.2) is 15.7 Å². The van der Waals surface area contributed by atoms with Gasteiger partial charge in [-0.2, -0.15) is 5.10 Å². The lowest BCUT2D eigenvalue weighted by atomic mass is 10.2. The summed E-state index contributed by atoms with van der Waals surface area (Å²) in [6, 6.07) is 9.36. The van der Waals surface area contributed by atoms with Crippen LogP contribution in [0.25, 0.3) is 5.69 Å². The number of rotatable bonds is 6. The van der Waals surface area contributed by atoms with Crippen LogP contribution in [0.5, 0.6) is 0 Å². The van der Waals surface area contributed by atoms with E-state index in [1.54, 1.807) is 11.6 Å². The number of para-hydroxylation sites is 1. The molecule has 0 amide bonds. The van der Waals surface area contributed by atoms with E-state index in [4.69, 9.17) is 5.11 Å². The zero-order chi connectivity index (χ0) is 14.6. The van der Waals surface area contributed by atoms with Gasteiger partial charge in [0.2, 0.25) is 0 Å². The van der Waals surface area contributed by atoms with Crippen molar-refractivity contribution in [3.8, 4) is 5.69 Å². The van der Waals surface area contributed by atoms with Gasteiger partial charge in [-0.1, -0.05) is 25.1 Å². The Morgan fingerprint density at radius 3 is 2.65 bits per heavy atom. The van der Waals surface area contributed by atoms with Crippen molar-refractivity contribution in [3.63, 3.8) is 0 Å². The molecule has 0 saturated carbocycles. The number of aliphatic hydroxyl groups is 1. The number of benzene rings is 1. The van der Waals surface area contributed by atoms with E-state index in [2.05, 4.69) is 10.1 Å². The first kappa shape index (κ1) is 14.7. The zero-order valence-corrected chi connectivity index (χ0v) is 12.0. The molecule has 1 heterocycles. The summed E-state index contributed by atoms with van der Waals surface area (Å²) in [5.74, 6) is -0.296. The van der Waals surface area contributed by atoms with Crippen molar-refractivity contribution in [1.29, 1.82) is 0 Å². The average molecular weight is 295 g/mol. The number of aliphatic hydroxyl groups excluding tert-OH is 1. The maximum Gasteiger partial charge on any atom is 0.166 e. The molecule has 0 aliphatic rings. The van der Waals surface area contributed by atoms with Gasteiger partial charge in [-0.05, 0) is 18.1 Å². The lowest BCUT2D eigenvalue weighted by Crippen LogP contribution is -2.18. The topological polar surface area (TPSA) is 85.1 Å². The molecule has 1 atom stereocenters. The SMILES string of the molecule is CC(CO)CS(=O)(=O)Cc1ncn(-c2ccccc2)n1. The molecule has 7 heteroatoms. The first-order valence-corrected chi connectivity index (χ1v) is 8.09. The van der Waals surface area contributed by atoms with Gasteiger partial charge in [-0.15, -0.1) is 0 Å². The van der Waals surface area contributed by atoms with Crippen LogP contribution in [0.4, 0.5) is 0 Å². The monoisotopic (exact) mass is 295 g/mol. The second-order valence-electron chi connectivity index (χ2n) is 4.78. The summed E-state index contributed by atoms with van der Waals surface area (Å²) in [6.07, 6.45) is 1.50. The van der Waals surface area contributed by atoms with Gasteiger partial charge in [0.05, 0.1) is 11.4 Å². The fraction of sp³-hybridized carbons (Fsp3) is 0.385. The van der Waals surface area contributed by atoms with Crippen molar-refractivity contribution >= 4 is 9.84 Å². The summed E-state index contributed by atoms with van der Waals surface area (Å²) >= 11 is 0. The van der Waals surface area contributed by atoms with Gasteiger partial charge < -0.3 is 5.11 Å². The van der Waals surface area contributed by atoms with Crippen molar-refractivity contribution in [2.45, 2.75) is 12.7 Å². The molecule has 1 unspecified atom stereocenters. The number of sulfone groups is 1. The summed E-state index contributed by atoms with van der Waals surface area (Å²) in [5, 5.41) is 13.1. The van der Waals surface area contributed by atoms with Crippen molar-refractivity contribution in [3.05, 3.63) is 42.5 Å². The third-order valence-electron chi connectivity index (χ3n) is 2.76. The molecule has 0 aliphatic heterocycles. The van der Waals surface area contributed by atoms with E-state index in [1.807, 2.05) is 30.3 Å². The predicted molar refractivity (Wildman–Crippen MR) is 75.1 cm³/mol. The highest BCUT2D eigenvalue weighted by molar-refractivity contribution is 7.90. The molecule has 2 rings (SSSR count). The molecule has 0 radical (unpaired) electrons. The third kappa shape index (κ3) is 3.88. The Bertz CT molecular complexity index is 653. The van der Waals surface area contributed by atoms with E-state index in [0.29, 0.717) is 0 Å². The summed E-state index contributed by atoms with van der Waals surface area (Å²) < 4.78 is 25.4. The fourth-order valence-electron chi connectivity index (χ4n) is 1.81. The van der Waals surface area contributed by atoms with Gasteiger partial charge in [-0.25, -0.2) is 18.1 Å². The summed E-state index contributed by atoms with van der Waals surface area (Å²) in [7, 11) is -3.31. The van der Waals surface area contributed by atoms with Crippen LogP contribution in [0.15, 0.2) is 36.7 Å². The number of aromatic nitrogens is 3. The smallest absolute Gasteiger partial charge is 0.166 e. The molecule has 108 valence electrons. The molecule has 0 spiro atoms. The second-order valence-corrected chi connectivity index (χ2v) is 6.89. The number of hydrogen-bond donors (Lipinski definition) is 1. The predicted octanol–water partition coefficient (Wildman–Crippen LogP) is 0.810. The minimum Gasteiger partial charge on any atom is -0.396 e. The normalized spacial score (nSPS) is 13.3. The maximum atomic E-state index is 11.9. The van der Waals surface area contributed by atoms with Crippen molar-refractivity contribution in [2.24, 2.45) is 5.92 Å². The van der Waals surface area contributed by atoms with Crippen LogP contribution < -0.4 is 0 Å². The highest BCUT2D eigenvalue weighted by Crippen LogP contribution is 2.09. The van der Waals surface area contributed by atoms with Crippen LogP contribution in [-0.4, -0.2) is 40.6 Å². The largest absolute Gasteiger partial charge is 0.396 e. The number of nitrogens with zero attached hydrogens (tertiary/aromatic N) is 3.